The van der Waals surface area contributed by atoms with Crippen LogP contribution < -0.4 is 5.32 Å². The summed E-state index contributed by atoms with van der Waals surface area (Å²) >= 11 is 6.22. The number of rotatable bonds is 3. The molecule has 0 radical (unpaired) electrons. The molecule has 0 amide bonds. The monoisotopic (exact) mass is 363 g/mol. The molecule has 0 atom stereocenters. The van der Waals surface area contributed by atoms with Crippen LogP contribution in [-0.4, -0.2) is 19.7 Å². The molecule has 1 N–H and O–H groups in total. The van der Waals surface area contributed by atoms with Crippen molar-refractivity contribution < 1.29 is 0 Å². The molecule has 2 aromatic heterocycles. The van der Waals surface area contributed by atoms with E-state index in [1.807, 2.05) is 29.8 Å². The minimum absolute atomic E-state index is 0.700. The summed E-state index contributed by atoms with van der Waals surface area (Å²) in [5, 5.41) is 9.42. The van der Waals surface area contributed by atoms with Crippen LogP contribution in [-0.2, 0) is 0 Å². The van der Waals surface area contributed by atoms with Crippen molar-refractivity contribution in [2.24, 2.45) is 0 Å². The van der Waals surface area contributed by atoms with Crippen LogP contribution >= 0.6 is 11.6 Å². The maximum Gasteiger partial charge on any atom is 0.168 e. The predicted molar refractivity (Wildman–Crippen MR) is 106 cm³/mol. The SMILES string of the molecule is Cc1ccc(-n2ncc3c(Nc4ccc(C)c(Cl)c4)ncnc32)c(C)c1. The molecule has 0 saturated carbocycles. The highest BCUT2D eigenvalue weighted by Gasteiger charge is 2.13. The van der Waals surface area contributed by atoms with E-state index < -0.39 is 0 Å². The van der Waals surface area contributed by atoms with Gasteiger partial charge in [-0.25, -0.2) is 14.6 Å². The lowest BCUT2D eigenvalue weighted by Crippen LogP contribution is -2.01. The average Bonchev–Trinajstić information content (AvgIpc) is 3.03. The summed E-state index contributed by atoms with van der Waals surface area (Å²) in [6.45, 7) is 6.13. The molecule has 4 rings (SSSR count). The van der Waals surface area contributed by atoms with Crippen molar-refractivity contribution in [2.45, 2.75) is 20.8 Å². The van der Waals surface area contributed by atoms with E-state index in [2.05, 4.69) is 52.4 Å². The molecule has 0 fully saturated rings. The molecule has 0 aliphatic carbocycles. The number of fused-ring (bicyclic) bond motifs is 1. The highest BCUT2D eigenvalue weighted by molar-refractivity contribution is 6.31. The summed E-state index contributed by atoms with van der Waals surface area (Å²) < 4.78 is 1.85. The Morgan fingerprint density at radius 3 is 2.58 bits per heavy atom. The number of aryl methyl sites for hydroxylation is 3. The van der Waals surface area contributed by atoms with E-state index in [4.69, 9.17) is 11.6 Å². The fourth-order valence-electron chi connectivity index (χ4n) is 2.97. The van der Waals surface area contributed by atoms with Gasteiger partial charge in [-0.05, 0) is 50.1 Å². The molecule has 130 valence electrons. The predicted octanol–water partition coefficient (Wildman–Crippen LogP) is 5.14. The van der Waals surface area contributed by atoms with Gasteiger partial charge in [-0.3, -0.25) is 0 Å². The Bertz CT molecular complexity index is 1120. The Morgan fingerprint density at radius 2 is 1.81 bits per heavy atom. The molecule has 0 aliphatic heterocycles. The van der Waals surface area contributed by atoms with E-state index in [-0.39, 0.29) is 0 Å². The number of aromatic nitrogens is 4. The Kier molecular flexibility index (Phi) is 4.09. The number of hydrogen-bond donors (Lipinski definition) is 1. The van der Waals surface area contributed by atoms with Gasteiger partial charge in [0.2, 0.25) is 0 Å². The first-order valence-electron chi connectivity index (χ1n) is 8.32. The van der Waals surface area contributed by atoms with E-state index in [1.165, 1.54) is 5.56 Å². The second-order valence-corrected chi connectivity index (χ2v) is 6.80. The summed E-state index contributed by atoms with van der Waals surface area (Å²) in [6, 6.07) is 12.1. The van der Waals surface area contributed by atoms with E-state index in [0.29, 0.717) is 10.8 Å². The summed E-state index contributed by atoms with van der Waals surface area (Å²) in [5.41, 5.74) is 6.04. The zero-order valence-electron chi connectivity index (χ0n) is 14.8. The van der Waals surface area contributed by atoms with Crippen molar-refractivity contribution in [3.8, 4) is 5.69 Å². The Morgan fingerprint density at radius 1 is 0.962 bits per heavy atom. The van der Waals surface area contributed by atoms with Crippen molar-refractivity contribution in [3.05, 3.63) is 70.6 Å². The number of nitrogens with one attached hydrogen (secondary N) is 1. The molecule has 0 unspecified atom stereocenters. The molecule has 0 saturated heterocycles. The number of benzene rings is 2. The van der Waals surface area contributed by atoms with Crippen molar-refractivity contribution in [1.82, 2.24) is 19.7 Å². The third kappa shape index (κ3) is 2.91. The lowest BCUT2D eigenvalue weighted by Gasteiger charge is -2.09. The van der Waals surface area contributed by atoms with Crippen LogP contribution in [0.1, 0.15) is 16.7 Å². The van der Waals surface area contributed by atoms with E-state index in [0.717, 1.165) is 33.5 Å². The molecular weight excluding hydrogens is 346 g/mol. The highest BCUT2D eigenvalue weighted by atomic mass is 35.5. The standard InChI is InChI=1S/C20H18ClN5/c1-12-4-7-18(14(3)8-12)26-20-16(10-24-26)19(22-11-23-20)25-15-6-5-13(2)17(21)9-15/h4-11H,1-3H3,(H,22,23,25). The van der Waals surface area contributed by atoms with Crippen molar-refractivity contribution in [3.63, 3.8) is 0 Å². The van der Waals surface area contributed by atoms with Crippen LogP contribution in [0.4, 0.5) is 11.5 Å². The summed E-state index contributed by atoms with van der Waals surface area (Å²) in [5.74, 6) is 0.700. The van der Waals surface area contributed by atoms with Crippen LogP contribution in [0.2, 0.25) is 5.02 Å². The van der Waals surface area contributed by atoms with Gasteiger partial charge in [-0.2, -0.15) is 5.10 Å². The van der Waals surface area contributed by atoms with Gasteiger partial charge in [0.1, 0.15) is 12.1 Å². The van der Waals surface area contributed by atoms with E-state index >= 15 is 0 Å². The molecule has 2 aromatic carbocycles. The molecule has 0 bridgehead atoms. The quantitative estimate of drug-likeness (QED) is 0.547. The molecule has 0 aliphatic rings. The second-order valence-electron chi connectivity index (χ2n) is 6.39. The average molecular weight is 364 g/mol. The second kappa shape index (κ2) is 6.42. The first-order chi connectivity index (χ1) is 12.5. The largest absolute Gasteiger partial charge is 0.339 e. The third-order valence-corrected chi connectivity index (χ3v) is 4.79. The first-order valence-corrected chi connectivity index (χ1v) is 8.70. The van der Waals surface area contributed by atoms with Crippen molar-refractivity contribution >= 4 is 34.1 Å². The maximum absolute atomic E-state index is 6.22. The van der Waals surface area contributed by atoms with Crippen molar-refractivity contribution in [1.29, 1.82) is 0 Å². The normalized spacial score (nSPS) is 11.1. The summed E-state index contributed by atoms with van der Waals surface area (Å²) in [6.07, 6.45) is 3.33. The zero-order chi connectivity index (χ0) is 18.3. The first kappa shape index (κ1) is 16.5. The van der Waals surface area contributed by atoms with Gasteiger partial charge in [0, 0.05) is 10.7 Å². The maximum atomic E-state index is 6.22. The van der Waals surface area contributed by atoms with Crippen LogP contribution in [0, 0.1) is 20.8 Å². The minimum atomic E-state index is 0.700. The van der Waals surface area contributed by atoms with Gasteiger partial charge in [0.25, 0.3) is 0 Å². The van der Waals surface area contributed by atoms with Crippen LogP contribution in [0.15, 0.2) is 48.9 Å². The number of nitrogens with zero attached hydrogens (tertiary/aromatic N) is 4. The van der Waals surface area contributed by atoms with Gasteiger partial charge in [-0.1, -0.05) is 35.4 Å². The number of hydrogen-bond acceptors (Lipinski definition) is 4. The van der Waals surface area contributed by atoms with Crippen LogP contribution in [0.5, 0.6) is 0 Å². The number of halogens is 1. The molecule has 4 aromatic rings. The third-order valence-electron chi connectivity index (χ3n) is 4.38. The Hall–Kier alpha value is -2.92. The number of anilines is 2. The van der Waals surface area contributed by atoms with Crippen molar-refractivity contribution in [2.75, 3.05) is 5.32 Å². The van der Waals surface area contributed by atoms with Gasteiger partial charge >= 0.3 is 0 Å². The zero-order valence-corrected chi connectivity index (χ0v) is 15.5. The molecular formula is C20H18ClN5. The smallest absolute Gasteiger partial charge is 0.168 e. The van der Waals surface area contributed by atoms with Gasteiger partial charge < -0.3 is 5.32 Å². The van der Waals surface area contributed by atoms with Gasteiger partial charge in [0.05, 0.1) is 17.3 Å². The topological polar surface area (TPSA) is 55.6 Å². The fraction of sp³-hybridized carbons (Fsp3) is 0.150. The van der Waals surface area contributed by atoms with Crippen LogP contribution in [0.3, 0.4) is 0 Å². The fourth-order valence-corrected chi connectivity index (χ4v) is 3.15. The lowest BCUT2D eigenvalue weighted by atomic mass is 10.1. The van der Waals surface area contributed by atoms with Gasteiger partial charge in [0.15, 0.2) is 5.65 Å². The molecule has 2 heterocycles. The molecule has 26 heavy (non-hydrogen) atoms. The van der Waals surface area contributed by atoms with E-state index in [1.54, 1.807) is 12.5 Å². The Labute approximate surface area is 156 Å². The summed E-state index contributed by atoms with van der Waals surface area (Å²) in [7, 11) is 0. The van der Waals surface area contributed by atoms with Gasteiger partial charge in [-0.15, -0.1) is 0 Å². The molecule has 5 nitrogen and oxygen atoms in total. The molecule has 0 spiro atoms. The van der Waals surface area contributed by atoms with E-state index in [9.17, 15) is 0 Å². The molecule has 6 heteroatoms. The van der Waals surface area contributed by atoms with Crippen LogP contribution in [0.25, 0.3) is 16.7 Å². The highest BCUT2D eigenvalue weighted by Crippen LogP contribution is 2.27. The minimum Gasteiger partial charge on any atom is -0.339 e. The summed E-state index contributed by atoms with van der Waals surface area (Å²) in [4.78, 5) is 8.82. The Balaban J connectivity index is 1.78. The lowest BCUT2D eigenvalue weighted by molar-refractivity contribution is 0.886.